The normalized spacial score (nSPS) is 9.47. The van der Waals surface area contributed by atoms with Crippen LogP contribution in [-0.2, 0) is 16.0 Å². The van der Waals surface area contributed by atoms with Crippen LogP contribution in [-0.4, -0.2) is 19.3 Å². The Kier molecular flexibility index (Phi) is 3.85. The largest absolute Gasteiger partial charge is 0.496 e. The first-order valence-corrected chi connectivity index (χ1v) is 4.56. The van der Waals surface area contributed by atoms with Crippen molar-refractivity contribution in [3.8, 4) is 5.75 Å². The molecule has 15 heavy (non-hydrogen) atoms. The number of ether oxygens (including phenoxy) is 1. The van der Waals surface area contributed by atoms with Crippen molar-refractivity contribution in [1.29, 1.82) is 0 Å². The number of carbonyl (C=O) groups is 2. The van der Waals surface area contributed by atoms with Crippen molar-refractivity contribution in [2.75, 3.05) is 12.4 Å². The van der Waals surface area contributed by atoms with E-state index in [0.717, 1.165) is 6.29 Å². The second-order valence-corrected chi connectivity index (χ2v) is 3.04. The number of anilines is 1. The number of rotatable bonds is 4. The first kappa shape index (κ1) is 11.2. The third kappa shape index (κ3) is 2.80. The molecule has 0 aliphatic carbocycles. The van der Waals surface area contributed by atoms with Gasteiger partial charge in [-0.15, -0.1) is 0 Å². The number of carbonyl (C=O) groups excluding carboxylic acids is 2. The number of methoxy groups -OCH3 is 1. The maximum absolute atomic E-state index is 10.9. The van der Waals surface area contributed by atoms with Crippen LogP contribution in [0.15, 0.2) is 18.2 Å². The molecule has 0 heterocycles. The first-order valence-electron chi connectivity index (χ1n) is 4.56. The van der Waals surface area contributed by atoms with Gasteiger partial charge in [-0.25, -0.2) is 0 Å². The maximum atomic E-state index is 10.9. The number of amides is 1. The molecular weight excluding hydrogens is 194 g/mol. The monoisotopic (exact) mass is 207 g/mol. The summed E-state index contributed by atoms with van der Waals surface area (Å²) in [6, 6.07) is 5.26. The predicted octanol–water partition coefficient (Wildman–Crippen LogP) is 1.39. The molecule has 1 N–H and O–H groups in total. The number of benzene rings is 1. The Morgan fingerprint density at radius 3 is 2.80 bits per heavy atom. The van der Waals surface area contributed by atoms with Crippen LogP contribution in [0.5, 0.6) is 5.75 Å². The van der Waals surface area contributed by atoms with Gasteiger partial charge in [-0.1, -0.05) is 6.07 Å². The standard InChI is InChI=1S/C11H13NO3/c1-8(14)12-10-4-3-5-11(15-2)9(10)6-7-13/h3-5,7H,6H2,1-2H3,(H,12,14). The van der Waals surface area contributed by atoms with Crippen LogP contribution in [0.3, 0.4) is 0 Å². The Morgan fingerprint density at radius 1 is 1.53 bits per heavy atom. The highest BCUT2D eigenvalue weighted by atomic mass is 16.5. The third-order valence-electron chi connectivity index (χ3n) is 1.95. The van der Waals surface area contributed by atoms with Gasteiger partial charge in [0.25, 0.3) is 0 Å². The zero-order valence-electron chi connectivity index (χ0n) is 8.74. The van der Waals surface area contributed by atoms with Gasteiger partial charge in [-0.3, -0.25) is 4.79 Å². The number of nitrogens with one attached hydrogen (secondary N) is 1. The van der Waals surface area contributed by atoms with Crippen LogP contribution in [0, 0.1) is 0 Å². The highest BCUT2D eigenvalue weighted by Crippen LogP contribution is 2.26. The second kappa shape index (κ2) is 5.14. The summed E-state index contributed by atoms with van der Waals surface area (Å²) in [5.74, 6) is 0.434. The van der Waals surface area contributed by atoms with E-state index < -0.39 is 0 Å². The molecule has 0 spiro atoms. The fraction of sp³-hybridized carbons (Fsp3) is 0.273. The SMILES string of the molecule is COc1cccc(NC(C)=O)c1CC=O. The summed E-state index contributed by atoms with van der Waals surface area (Å²) in [7, 11) is 1.53. The van der Waals surface area contributed by atoms with Gasteiger partial charge < -0.3 is 14.8 Å². The highest BCUT2D eigenvalue weighted by molar-refractivity contribution is 5.90. The van der Waals surface area contributed by atoms with Crippen molar-refractivity contribution in [3.05, 3.63) is 23.8 Å². The third-order valence-corrected chi connectivity index (χ3v) is 1.95. The van der Waals surface area contributed by atoms with Gasteiger partial charge in [-0.05, 0) is 12.1 Å². The highest BCUT2D eigenvalue weighted by Gasteiger charge is 2.08. The Hall–Kier alpha value is -1.84. The van der Waals surface area contributed by atoms with E-state index in [0.29, 0.717) is 17.0 Å². The summed E-state index contributed by atoms with van der Waals surface area (Å²) in [5.41, 5.74) is 1.32. The molecule has 0 saturated heterocycles. The van der Waals surface area contributed by atoms with Gasteiger partial charge in [0.2, 0.25) is 5.91 Å². The molecule has 0 aliphatic rings. The average Bonchev–Trinajstić information content (AvgIpc) is 2.20. The molecule has 0 saturated carbocycles. The lowest BCUT2D eigenvalue weighted by molar-refractivity contribution is -0.114. The fourth-order valence-corrected chi connectivity index (χ4v) is 1.36. The minimum absolute atomic E-state index is 0.171. The summed E-state index contributed by atoms with van der Waals surface area (Å²) < 4.78 is 5.11. The molecule has 4 nitrogen and oxygen atoms in total. The van der Waals surface area contributed by atoms with Gasteiger partial charge in [0, 0.05) is 24.6 Å². The number of aldehydes is 1. The van der Waals surface area contributed by atoms with E-state index >= 15 is 0 Å². The van der Waals surface area contributed by atoms with Gasteiger partial charge in [0.1, 0.15) is 12.0 Å². The lowest BCUT2D eigenvalue weighted by Gasteiger charge is -2.11. The number of hydrogen-bond donors (Lipinski definition) is 1. The first-order chi connectivity index (χ1) is 7.19. The molecule has 0 atom stereocenters. The molecule has 1 aromatic carbocycles. The van der Waals surface area contributed by atoms with Crippen LogP contribution in [0.2, 0.25) is 0 Å². The van der Waals surface area contributed by atoms with Crippen LogP contribution in [0.1, 0.15) is 12.5 Å². The van der Waals surface area contributed by atoms with E-state index in [1.165, 1.54) is 14.0 Å². The van der Waals surface area contributed by atoms with Crippen molar-refractivity contribution >= 4 is 17.9 Å². The quantitative estimate of drug-likeness (QED) is 0.759. The summed E-state index contributed by atoms with van der Waals surface area (Å²) in [6.45, 7) is 1.42. The molecule has 0 fully saturated rings. The van der Waals surface area contributed by atoms with Crippen molar-refractivity contribution in [1.82, 2.24) is 0 Å². The Labute approximate surface area is 88.2 Å². The molecule has 0 unspecified atom stereocenters. The molecule has 0 bridgehead atoms. The van der Waals surface area contributed by atoms with E-state index in [2.05, 4.69) is 5.32 Å². The zero-order valence-corrected chi connectivity index (χ0v) is 8.74. The Morgan fingerprint density at radius 2 is 2.27 bits per heavy atom. The smallest absolute Gasteiger partial charge is 0.221 e. The molecular formula is C11H13NO3. The van der Waals surface area contributed by atoms with Crippen molar-refractivity contribution in [2.45, 2.75) is 13.3 Å². The molecule has 1 aromatic rings. The van der Waals surface area contributed by atoms with Gasteiger partial charge in [0.05, 0.1) is 7.11 Å². The lowest BCUT2D eigenvalue weighted by atomic mass is 10.1. The molecule has 1 amide bonds. The van der Waals surface area contributed by atoms with Crippen molar-refractivity contribution < 1.29 is 14.3 Å². The molecule has 80 valence electrons. The number of hydrogen-bond acceptors (Lipinski definition) is 3. The van der Waals surface area contributed by atoms with E-state index in [4.69, 9.17) is 4.74 Å². The van der Waals surface area contributed by atoms with E-state index in [-0.39, 0.29) is 12.3 Å². The summed E-state index contributed by atoms with van der Waals surface area (Å²) in [6.07, 6.45) is 1.00. The average molecular weight is 207 g/mol. The van der Waals surface area contributed by atoms with Crippen LogP contribution >= 0.6 is 0 Å². The van der Waals surface area contributed by atoms with E-state index in [9.17, 15) is 9.59 Å². The van der Waals surface area contributed by atoms with Crippen LogP contribution in [0.25, 0.3) is 0 Å². The topological polar surface area (TPSA) is 55.4 Å². The molecule has 4 heteroatoms. The van der Waals surface area contributed by atoms with Gasteiger partial charge >= 0.3 is 0 Å². The molecule has 0 aromatic heterocycles. The lowest BCUT2D eigenvalue weighted by Crippen LogP contribution is -2.09. The molecule has 0 aliphatic heterocycles. The molecule has 0 radical (unpaired) electrons. The van der Waals surface area contributed by atoms with Gasteiger partial charge in [0.15, 0.2) is 0 Å². The van der Waals surface area contributed by atoms with Crippen LogP contribution < -0.4 is 10.1 Å². The summed E-state index contributed by atoms with van der Waals surface area (Å²) in [5, 5.41) is 2.66. The Bertz CT molecular complexity index is 374. The minimum Gasteiger partial charge on any atom is -0.496 e. The maximum Gasteiger partial charge on any atom is 0.221 e. The van der Waals surface area contributed by atoms with Crippen LogP contribution in [0.4, 0.5) is 5.69 Å². The summed E-state index contributed by atoms with van der Waals surface area (Å²) in [4.78, 5) is 21.4. The molecule has 1 rings (SSSR count). The van der Waals surface area contributed by atoms with Crippen molar-refractivity contribution in [2.24, 2.45) is 0 Å². The summed E-state index contributed by atoms with van der Waals surface area (Å²) >= 11 is 0. The fourth-order valence-electron chi connectivity index (χ4n) is 1.36. The van der Waals surface area contributed by atoms with Gasteiger partial charge in [-0.2, -0.15) is 0 Å². The zero-order chi connectivity index (χ0) is 11.3. The predicted molar refractivity (Wildman–Crippen MR) is 57.1 cm³/mol. The van der Waals surface area contributed by atoms with E-state index in [1.807, 2.05) is 0 Å². The Balaban J connectivity index is 3.11. The minimum atomic E-state index is -0.171. The van der Waals surface area contributed by atoms with Crippen molar-refractivity contribution in [3.63, 3.8) is 0 Å². The second-order valence-electron chi connectivity index (χ2n) is 3.04. The van der Waals surface area contributed by atoms with E-state index in [1.54, 1.807) is 18.2 Å².